The summed E-state index contributed by atoms with van der Waals surface area (Å²) in [6, 6.07) is 30.1. The van der Waals surface area contributed by atoms with Crippen LogP contribution < -0.4 is 10.6 Å². The minimum absolute atomic E-state index is 0.152. The maximum Gasteiger partial charge on any atom is 0.255 e. The van der Waals surface area contributed by atoms with Crippen molar-refractivity contribution in [2.24, 2.45) is 0 Å². The van der Waals surface area contributed by atoms with Crippen LogP contribution in [0.5, 0.6) is 0 Å². The fourth-order valence-corrected chi connectivity index (χ4v) is 4.91. The number of rotatable bonds is 7. The van der Waals surface area contributed by atoms with Crippen molar-refractivity contribution in [3.05, 3.63) is 124 Å². The van der Waals surface area contributed by atoms with Crippen molar-refractivity contribution in [1.82, 2.24) is 0 Å². The average Bonchev–Trinajstić information content (AvgIpc) is 2.86. The smallest absolute Gasteiger partial charge is 0.255 e. The van der Waals surface area contributed by atoms with Crippen LogP contribution in [0.1, 0.15) is 32.3 Å². The Bertz CT molecular complexity index is 1360. The average molecular weight is 501 g/mol. The molecule has 4 aromatic carbocycles. The summed E-state index contributed by atoms with van der Waals surface area (Å²) in [5.74, 6) is -0.319. The lowest BCUT2D eigenvalue weighted by Gasteiger charge is -2.19. The van der Waals surface area contributed by atoms with Crippen LogP contribution in [-0.4, -0.2) is 11.8 Å². The minimum atomic E-state index is -0.503. The Hall–Kier alpha value is -3.54. The zero-order chi connectivity index (χ0) is 24.8. The van der Waals surface area contributed by atoms with Gasteiger partial charge in [-0.15, -0.1) is 11.8 Å². The molecule has 0 aliphatic carbocycles. The van der Waals surface area contributed by atoms with Gasteiger partial charge in [0.1, 0.15) is 5.25 Å². The molecule has 0 aliphatic rings. The van der Waals surface area contributed by atoms with Gasteiger partial charge in [0.25, 0.3) is 5.91 Å². The molecule has 0 saturated heterocycles. The van der Waals surface area contributed by atoms with Gasteiger partial charge in [-0.25, -0.2) is 0 Å². The largest absolute Gasteiger partial charge is 0.325 e. The number of benzene rings is 4. The predicted octanol–water partition coefficient (Wildman–Crippen LogP) is 7.68. The molecule has 0 spiro atoms. The van der Waals surface area contributed by atoms with E-state index in [4.69, 9.17) is 11.6 Å². The van der Waals surface area contributed by atoms with E-state index in [1.54, 1.807) is 12.1 Å². The van der Waals surface area contributed by atoms with Crippen LogP contribution in [0.4, 0.5) is 11.4 Å². The second-order valence-electron chi connectivity index (χ2n) is 8.11. The standard InChI is InChI=1S/C29H25ClN2O2S/c1-19-10-6-7-15-24(19)28(33)31-22-13-8-14-23(18-22)35-27(21-11-4-3-5-12-21)29(34)32-26-17-9-16-25(30)20(26)2/h3-18,27H,1-2H3,(H,31,33)(H,32,34). The fraction of sp³-hybridized carbons (Fsp3) is 0.103. The van der Waals surface area contributed by atoms with Gasteiger partial charge in [0.05, 0.1) is 0 Å². The normalized spacial score (nSPS) is 11.5. The van der Waals surface area contributed by atoms with Crippen molar-refractivity contribution in [2.45, 2.75) is 24.0 Å². The molecule has 0 heterocycles. The quantitative estimate of drug-likeness (QED) is 0.256. The molecule has 35 heavy (non-hydrogen) atoms. The van der Waals surface area contributed by atoms with Gasteiger partial charge in [-0.2, -0.15) is 0 Å². The molecule has 4 nitrogen and oxygen atoms in total. The molecule has 4 rings (SSSR count). The summed E-state index contributed by atoms with van der Waals surface area (Å²) in [6.07, 6.45) is 0. The van der Waals surface area contributed by atoms with Crippen LogP contribution in [0.15, 0.2) is 102 Å². The molecule has 2 N–H and O–H groups in total. The Morgan fingerprint density at radius 1 is 0.800 bits per heavy atom. The number of thioether (sulfide) groups is 1. The predicted molar refractivity (Wildman–Crippen MR) is 145 cm³/mol. The summed E-state index contributed by atoms with van der Waals surface area (Å²) in [5, 5.41) is 6.10. The number of anilines is 2. The van der Waals surface area contributed by atoms with Crippen molar-refractivity contribution in [2.75, 3.05) is 10.6 Å². The SMILES string of the molecule is Cc1ccccc1C(=O)Nc1cccc(SC(C(=O)Nc2cccc(Cl)c2C)c2ccccc2)c1. The third-order valence-corrected chi connectivity index (χ3v) is 7.26. The molecule has 0 fully saturated rings. The van der Waals surface area contributed by atoms with E-state index in [1.165, 1.54) is 11.8 Å². The molecular formula is C29H25ClN2O2S. The Balaban J connectivity index is 1.57. The van der Waals surface area contributed by atoms with Gasteiger partial charge < -0.3 is 10.6 Å². The first-order chi connectivity index (χ1) is 16.9. The van der Waals surface area contributed by atoms with E-state index in [1.807, 2.05) is 98.8 Å². The topological polar surface area (TPSA) is 58.2 Å². The van der Waals surface area contributed by atoms with E-state index in [-0.39, 0.29) is 11.8 Å². The molecule has 1 unspecified atom stereocenters. The first kappa shape index (κ1) is 24.6. The summed E-state index contributed by atoms with van der Waals surface area (Å²) in [5.41, 5.74) is 4.59. The molecule has 0 bridgehead atoms. The van der Waals surface area contributed by atoms with Crippen LogP contribution in [-0.2, 0) is 4.79 Å². The molecule has 0 saturated carbocycles. The van der Waals surface area contributed by atoms with Crippen LogP contribution in [0.3, 0.4) is 0 Å². The van der Waals surface area contributed by atoms with Crippen LogP contribution >= 0.6 is 23.4 Å². The molecule has 2 amide bonds. The highest BCUT2D eigenvalue weighted by molar-refractivity contribution is 8.00. The van der Waals surface area contributed by atoms with Crippen molar-refractivity contribution >= 4 is 46.6 Å². The number of hydrogen-bond donors (Lipinski definition) is 2. The van der Waals surface area contributed by atoms with Gasteiger partial charge in [0.2, 0.25) is 5.91 Å². The molecule has 1 atom stereocenters. The second kappa shape index (κ2) is 11.3. The first-order valence-electron chi connectivity index (χ1n) is 11.2. The van der Waals surface area contributed by atoms with Crippen molar-refractivity contribution in [3.8, 4) is 0 Å². The summed E-state index contributed by atoms with van der Waals surface area (Å²) in [4.78, 5) is 27.0. The lowest BCUT2D eigenvalue weighted by Crippen LogP contribution is -2.19. The van der Waals surface area contributed by atoms with Crippen LogP contribution in [0.25, 0.3) is 0 Å². The third kappa shape index (κ3) is 6.13. The number of hydrogen-bond acceptors (Lipinski definition) is 3. The lowest BCUT2D eigenvalue weighted by atomic mass is 10.1. The number of aryl methyl sites for hydroxylation is 1. The highest BCUT2D eigenvalue weighted by Gasteiger charge is 2.23. The Morgan fingerprint density at radius 2 is 1.51 bits per heavy atom. The van der Waals surface area contributed by atoms with E-state index < -0.39 is 5.25 Å². The zero-order valence-electron chi connectivity index (χ0n) is 19.4. The van der Waals surface area contributed by atoms with E-state index in [0.717, 1.165) is 21.6 Å². The molecule has 176 valence electrons. The van der Waals surface area contributed by atoms with Gasteiger partial charge in [-0.1, -0.05) is 72.3 Å². The minimum Gasteiger partial charge on any atom is -0.325 e. The summed E-state index contributed by atoms with van der Waals surface area (Å²) >= 11 is 7.67. The molecule has 0 radical (unpaired) electrons. The number of amides is 2. The number of nitrogens with one attached hydrogen (secondary N) is 2. The molecule has 0 aliphatic heterocycles. The highest BCUT2D eigenvalue weighted by Crippen LogP contribution is 2.37. The molecule has 4 aromatic rings. The Kier molecular flexibility index (Phi) is 7.91. The highest BCUT2D eigenvalue weighted by atomic mass is 35.5. The summed E-state index contributed by atoms with van der Waals surface area (Å²) in [7, 11) is 0. The number of carbonyl (C=O) groups excluding carboxylic acids is 2. The maximum atomic E-state index is 13.4. The van der Waals surface area contributed by atoms with Gasteiger partial charge >= 0.3 is 0 Å². The van der Waals surface area contributed by atoms with E-state index in [9.17, 15) is 9.59 Å². The Morgan fingerprint density at radius 3 is 2.29 bits per heavy atom. The van der Waals surface area contributed by atoms with Crippen LogP contribution in [0, 0.1) is 13.8 Å². The summed E-state index contributed by atoms with van der Waals surface area (Å²) < 4.78 is 0. The second-order valence-corrected chi connectivity index (χ2v) is 9.69. The van der Waals surface area contributed by atoms with Gasteiger partial charge in [-0.05, 0) is 66.9 Å². The van der Waals surface area contributed by atoms with E-state index >= 15 is 0 Å². The van der Waals surface area contributed by atoms with Crippen molar-refractivity contribution in [3.63, 3.8) is 0 Å². The molecular weight excluding hydrogens is 476 g/mol. The molecule has 0 aromatic heterocycles. The van der Waals surface area contributed by atoms with Gasteiger partial charge in [0, 0.05) is 26.9 Å². The van der Waals surface area contributed by atoms with Crippen LogP contribution in [0.2, 0.25) is 5.02 Å². The van der Waals surface area contributed by atoms with Crippen molar-refractivity contribution < 1.29 is 9.59 Å². The maximum absolute atomic E-state index is 13.4. The van der Waals surface area contributed by atoms with Gasteiger partial charge in [-0.3, -0.25) is 9.59 Å². The van der Waals surface area contributed by atoms with Gasteiger partial charge in [0.15, 0.2) is 0 Å². The fourth-order valence-electron chi connectivity index (χ4n) is 3.65. The van der Waals surface area contributed by atoms with E-state index in [2.05, 4.69) is 10.6 Å². The number of carbonyl (C=O) groups is 2. The Labute approximate surface area is 214 Å². The lowest BCUT2D eigenvalue weighted by molar-refractivity contribution is -0.115. The molecule has 6 heteroatoms. The number of halogens is 1. The van der Waals surface area contributed by atoms with Crippen molar-refractivity contribution in [1.29, 1.82) is 0 Å². The summed E-state index contributed by atoms with van der Waals surface area (Å²) in [6.45, 7) is 3.79. The third-order valence-electron chi connectivity index (χ3n) is 5.60. The monoisotopic (exact) mass is 500 g/mol. The zero-order valence-corrected chi connectivity index (χ0v) is 21.0. The van der Waals surface area contributed by atoms with E-state index in [0.29, 0.717) is 22.0 Å². The first-order valence-corrected chi connectivity index (χ1v) is 12.4.